The Labute approximate surface area is 45.6 Å². The minimum Gasteiger partial charge on any atom is -1.00 e. The van der Waals surface area contributed by atoms with Crippen LogP contribution in [0.4, 0.5) is 0 Å². The Kier molecular flexibility index (Phi) is 20.0. The maximum absolute atomic E-state index is 3.15. The fourth-order valence-electron chi connectivity index (χ4n) is 0. The molecule has 0 aliphatic carbocycles. The first kappa shape index (κ1) is 8.89. The van der Waals surface area contributed by atoms with Gasteiger partial charge in [-0.3, -0.25) is 0 Å². The Morgan fingerprint density at radius 1 is 1.75 bits per heavy atom. The van der Waals surface area contributed by atoms with Crippen molar-refractivity contribution in [1.29, 1.82) is 0 Å². The van der Waals surface area contributed by atoms with Gasteiger partial charge in [-0.25, -0.2) is 0 Å². The number of hydrogen-bond acceptors (Lipinski definition) is 0. The van der Waals surface area contributed by atoms with Crippen LogP contribution < -0.4 is 17.0 Å². The van der Waals surface area contributed by atoms with E-state index in [1.54, 1.807) is 0 Å². The second-order valence-electron chi connectivity index (χ2n) is 0.267. The molecule has 0 bridgehead atoms. The van der Waals surface area contributed by atoms with Gasteiger partial charge in [0.15, 0.2) is 0 Å². The summed E-state index contributed by atoms with van der Waals surface area (Å²) in [4.78, 5) is 0. The summed E-state index contributed by atoms with van der Waals surface area (Å²) < 4.78 is 0. The standard InChI is InChI=1S/C2H5.BrH.Mn/c1-2;;/h1H2,2H3;1H;/q;;+1/p-1. The summed E-state index contributed by atoms with van der Waals surface area (Å²) in [6, 6.07) is 0. The van der Waals surface area contributed by atoms with Gasteiger partial charge in [0.25, 0.3) is 0 Å². The van der Waals surface area contributed by atoms with Crippen molar-refractivity contribution in [2.75, 3.05) is 0 Å². The Morgan fingerprint density at radius 3 is 1.75 bits per heavy atom. The van der Waals surface area contributed by atoms with Crippen molar-refractivity contribution in [1.82, 2.24) is 0 Å². The first-order valence-electron chi connectivity index (χ1n) is 0.974. The van der Waals surface area contributed by atoms with Crippen LogP contribution in [0.2, 0.25) is 5.32 Å². The molecule has 0 spiro atoms. The molecule has 4 heavy (non-hydrogen) atoms. The van der Waals surface area contributed by atoms with Gasteiger partial charge in [-0.15, -0.1) is 0 Å². The third-order valence-corrected chi connectivity index (χ3v) is 0. The van der Waals surface area contributed by atoms with Gasteiger partial charge in [-0.1, -0.05) is 0 Å². The molecule has 0 aromatic rings. The molecule has 0 atom stereocenters. The molecule has 0 N–H and O–H groups in total. The summed E-state index contributed by atoms with van der Waals surface area (Å²) in [6.07, 6.45) is 0. The van der Waals surface area contributed by atoms with E-state index in [4.69, 9.17) is 0 Å². The number of halogens is 1. The van der Waals surface area contributed by atoms with Gasteiger partial charge in [0.2, 0.25) is 0 Å². The summed E-state index contributed by atoms with van der Waals surface area (Å²) >= 11 is 3.15. The Bertz CT molecular complexity index is 6.00. The first-order chi connectivity index (χ1) is 1.41. The van der Waals surface area contributed by atoms with E-state index in [-0.39, 0.29) is 17.0 Å². The summed E-state index contributed by atoms with van der Waals surface area (Å²) in [6.45, 7) is 2.04. The van der Waals surface area contributed by atoms with Crippen LogP contribution in [0.25, 0.3) is 0 Å². The summed E-state index contributed by atoms with van der Waals surface area (Å²) in [5, 5.41) is 1.06. The van der Waals surface area contributed by atoms with Crippen molar-refractivity contribution in [2.24, 2.45) is 0 Å². The van der Waals surface area contributed by atoms with Crippen molar-refractivity contribution in [3.63, 3.8) is 0 Å². The zero-order valence-electron chi connectivity index (χ0n) is 2.46. The molecule has 2 heteroatoms. The molecule has 0 nitrogen and oxygen atoms in total. The minimum absolute atomic E-state index is 0. The molecule has 0 saturated heterocycles. The quantitative estimate of drug-likeness (QED) is 0.362. The molecule has 0 radical (unpaired) electrons. The molecule has 0 unspecified atom stereocenters. The van der Waals surface area contributed by atoms with E-state index < -0.39 is 0 Å². The van der Waals surface area contributed by atoms with Crippen molar-refractivity contribution < 1.29 is 33.0 Å². The first-order valence-corrected chi connectivity index (χ1v) is 1.81. The molecule has 0 amide bonds. The fourth-order valence-corrected chi connectivity index (χ4v) is 0. The van der Waals surface area contributed by atoms with Gasteiger partial charge in [0.05, 0.1) is 0 Å². The average molecular weight is 164 g/mol. The summed E-state index contributed by atoms with van der Waals surface area (Å²) in [5.41, 5.74) is 0. The van der Waals surface area contributed by atoms with Crippen molar-refractivity contribution in [3.8, 4) is 0 Å². The maximum atomic E-state index is 3.15. The molecule has 0 aromatic carbocycles. The smallest absolute Gasteiger partial charge is 1.00 e. The van der Waals surface area contributed by atoms with Crippen LogP contribution in [0.1, 0.15) is 6.92 Å². The third kappa shape index (κ3) is 12.0. The third-order valence-electron chi connectivity index (χ3n) is 0. The van der Waals surface area contributed by atoms with E-state index in [2.05, 4.69) is 16.0 Å². The van der Waals surface area contributed by atoms with Gasteiger partial charge in [-0.05, 0) is 0 Å². The van der Waals surface area contributed by atoms with E-state index in [9.17, 15) is 0 Å². The Balaban J connectivity index is 0. The zero-order valence-corrected chi connectivity index (χ0v) is 5.23. The normalized spacial score (nSPS) is 4.25. The van der Waals surface area contributed by atoms with Gasteiger partial charge >= 0.3 is 28.3 Å². The van der Waals surface area contributed by atoms with E-state index in [0.717, 1.165) is 5.32 Å². The zero-order chi connectivity index (χ0) is 2.71. The second kappa shape index (κ2) is 9.00. The molecule has 0 rings (SSSR count). The van der Waals surface area contributed by atoms with Crippen LogP contribution >= 0.6 is 0 Å². The van der Waals surface area contributed by atoms with E-state index in [1.807, 2.05) is 6.92 Å². The molecule has 27 valence electrons. The van der Waals surface area contributed by atoms with Crippen molar-refractivity contribution >= 4 is 0 Å². The van der Waals surface area contributed by atoms with E-state index in [0.29, 0.717) is 0 Å². The average Bonchev–Trinajstić information content (AvgIpc) is 0.918. The molecule has 0 heterocycles. The fraction of sp³-hybridized carbons (Fsp3) is 1.00. The largest absolute Gasteiger partial charge is 1.00 e. The van der Waals surface area contributed by atoms with E-state index in [1.165, 1.54) is 0 Å². The number of rotatable bonds is 0. The summed E-state index contributed by atoms with van der Waals surface area (Å²) in [5.74, 6) is 0. The van der Waals surface area contributed by atoms with Crippen molar-refractivity contribution in [3.05, 3.63) is 0 Å². The molecule has 0 fully saturated rings. The van der Waals surface area contributed by atoms with Crippen LogP contribution in [0.15, 0.2) is 0 Å². The van der Waals surface area contributed by atoms with Gasteiger partial charge in [0, 0.05) is 0 Å². The molecule has 0 aliphatic heterocycles. The van der Waals surface area contributed by atoms with Gasteiger partial charge in [-0.2, -0.15) is 0 Å². The SMILES string of the molecule is C[CH2][Mn+].[Br-]. The second-order valence-corrected chi connectivity index (χ2v) is 1.10. The molecular formula is C2H5BrMn. The van der Waals surface area contributed by atoms with Gasteiger partial charge in [0.1, 0.15) is 0 Å². The number of hydrogen-bond donors (Lipinski definition) is 0. The van der Waals surface area contributed by atoms with E-state index >= 15 is 0 Å². The van der Waals surface area contributed by atoms with Gasteiger partial charge < -0.3 is 17.0 Å². The maximum Gasteiger partial charge on any atom is -1.00 e. The predicted molar refractivity (Wildman–Crippen MR) is 10.5 cm³/mol. The molecule has 0 aromatic heterocycles. The molecule has 0 saturated carbocycles. The predicted octanol–water partition coefficient (Wildman–Crippen LogP) is -2.02. The molecular weight excluding hydrogens is 159 g/mol. The van der Waals surface area contributed by atoms with Crippen LogP contribution in [-0.2, 0) is 16.0 Å². The minimum atomic E-state index is 0. The van der Waals surface area contributed by atoms with Crippen LogP contribution in [0.3, 0.4) is 0 Å². The monoisotopic (exact) mass is 163 g/mol. The Morgan fingerprint density at radius 2 is 1.75 bits per heavy atom. The molecule has 0 aliphatic rings. The van der Waals surface area contributed by atoms with Crippen molar-refractivity contribution in [2.45, 2.75) is 12.2 Å². The Hall–Kier alpha value is 0.999. The summed E-state index contributed by atoms with van der Waals surface area (Å²) in [7, 11) is 0. The van der Waals surface area contributed by atoms with Crippen LogP contribution in [0, 0.1) is 0 Å². The topological polar surface area (TPSA) is 0 Å². The van der Waals surface area contributed by atoms with Crippen LogP contribution in [-0.4, -0.2) is 0 Å². The van der Waals surface area contributed by atoms with Crippen LogP contribution in [0.5, 0.6) is 0 Å².